The van der Waals surface area contributed by atoms with Crippen molar-refractivity contribution in [2.45, 2.75) is 19.4 Å². The highest BCUT2D eigenvalue weighted by molar-refractivity contribution is 5.74. The van der Waals surface area contributed by atoms with Crippen molar-refractivity contribution in [3.8, 4) is 0 Å². The van der Waals surface area contributed by atoms with Crippen LogP contribution in [0.1, 0.15) is 17.5 Å². The van der Waals surface area contributed by atoms with E-state index in [0.29, 0.717) is 0 Å². The van der Waals surface area contributed by atoms with E-state index in [1.54, 1.807) is 0 Å². The summed E-state index contributed by atoms with van der Waals surface area (Å²) in [6.45, 7) is 3.30. The van der Waals surface area contributed by atoms with Gasteiger partial charge in [-0.2, -0.15) is 0 Å². The van der Waals surface area contributed by atoms with Gasteiger partial charge in [0.1, 0.15) is 0 Å². The van der Waals surface area contributed by atoms with E-state index < -0.39 is 0 Å². The normalized spacial score (nSPS) is 14.4. The predicted octanol–water partition coefficient (Wildman–Crippen LogP) is 1.71. The highest BCUT2D eigenvalue weighted by atomic mass is 16.2. The molecule has 1 aromatic carbocycles. The van der Waals surface area contributed by atoms with Crippen LogP contribution in [0.5, 0.6) is 0 Å². The zero-order chi connectivity index (χ0) is 13.7. The summed E-state index contributed by atoms with van der Waals surface area (Å²) >= 11 is 0. The van der Waals surface area contributed by atoms with Crippen molar-refractivity contribution in [1.82, 2.24) is 15.1 Å². The lowest BCUT2D eigenvalue weighted by Crippen LogP contribution is -2.43. The van der Waals surface area contributed by atoms with E-state index in [4.69, 9.17) is 0 Å². The summed E-state index contributed by atoms with van der Waals surface area (Å²) in [5.41, 5.74) is 2.65. The van der Waals surface area contributed by atoms with Crippen LogP contribution < -0.4 is 5.32 Å². The molecule has 19 heavy (non-hydrogen) atoms. The SMILES string of the molecule is CN(C)CCCNC(=O)N1CCc2ccccc2C1. The fourth-order valence-electron chi connectivity index (χ4n) is 2.37. The first kappa shape index (κ1) is 13.9. The Morgan fingerprint density at radius 3 is 2.79 bits per heavy atom. The quantitative estimate of drug-likeness (QED) is 0.838. The van der Waals surface area contributed by atoms with E-state index in [2.05, 4.69) is 28.4 Å². The number of carbonyl (C=O) groups excluding carboxylic acids is 1. The molecule has 4 heteroatoms. The second-order valence-electron chi connectivity index (χ2n) is 5.33. The van der Waals surface area contributed by atoms with Crippen molar-refractivity contribution >= 4 is 6.03 Å². The third-order valence-electron chi connectivity index (χ3n) is 3.48. The van der Waals surface area contributed by atoms with Crippen LogP contribution in [0.3, 0.4) is 0 Å². The van der Waals surface area contributed by atoms with Crippen molar-refractivity contribution in [3.63, 3.8) is 0 Å². The molecule has 0 atom stereocenters. The first-order chi connectivity index (χ1) is 9.16. The number of nitrogens with zero attached hydrogens (tertiary/aromatic N) is 2. The average Bonchev–Trinajstić information content (AvgIpc) is 2.42. The molecular weight excluding hydrogens is 238 g/mol. The van der Waals surface area contributed by atoms with Crippen molar-refractivity contribution in [1.29, 1.82) is 0 Å². The Bertz CT molecular complexity index is 431. The van der Waals surface area contributed by atoms with Gasteiger partial charge >= 0.3 is 6.03 Å². The second-order valence-corrected chi connectivity index (χ2v) is 5.33. The summed E-state index contributed by atoms with van der Waals surface area (Å²) < 4.78 is 0. The monoisotopic (exact) mass is 261 g/mol. The maximum absolute atomic E-state index is 12.1. The highest BCUT2D eigenvalue weighted by Crippen LogP contribution is 2.18. The van der Waals surface area contributed by atoms with E-state index in [-0.39, 0.29) is 6.03 Å². The number of carbonyl (C=O) groups is 1. The smallest absolute Gasteiger partial charge is 0.317 e. The molecule has 0 saturated heterocycles. The largest absolute Gasteiger partial charge is 0.338 e. The van der Waals surface area contributed by atoms with E-state index in [1.807, 2.05) is 25.1 Å². The second kappa shape index (κ2) is 6.57. The van der Waals surface area contributed by atoms with Crippen LogP contribution in [0, 0.1) is 0 Å². The zero-order valence-electron chi connectivity index (χ0n) is 11.9. The molecule has 104 valence electrons. The van der Waals surface area contributed by atoms with Crippen LogP contribution in [0.2, 0.25) is 0 Å². The molecule has 1 aliphatic heterocycles. The number of nitrogens with one attached hydrogen (secondary N) is 1. The molecule has 2 rings (SSSR count). The van der Waals surface area contributed by atoms with Gasteiger partial charge in [-0.25, -0.2) is 4.79 Å². The van der Waals surface area contributed by atoms with Crippen LogP contribution in [0.4, 0.5) is 4.79 Å². The van der Waals surface area contributed by atoms with Gasteiger partial charge in [0.05, 0.1) is 0 Å². The van der Waals surface area contributed by atoms with Crippen LogP contribution in [-0.4, -0.2) is 49.6 Å². The maximum Gasteiger partial charge on any atom is 0.317 e. The Kier molecular flexibility index (Phi) is 4.80. The van der Waals surface area contributed by atoms with Crippen molar-refractivity contribution in [3.05, 3.63) is 35.4 Å². The number of amides is 2. The summed E-state index contributed by atoms with van der Waals surface area (Å²) in [4.78, 5) is 16.1. The Morgan fingerprint density at radius 2 is 2.05 bits per heavy atom. The topological polar surface area (TPSA) is 35.6 Å². The van der Waals surface area contributed by atoms with Crippen LogP contribution >= 0.6 is 0 Å². The molecule has 0 bridgehead atoms. The van der Waals surface area contributed by atoms with Crippen LogP contribution in [-0.2, 0) is 13.0 Å². The first-order valence-corrected chi connectivity index (χ1v) is 6.91. The number of hydrogen-bond donors (Lipinski definition) is 1. The molecule has 0 aliphatic carbocycles. The fourth-order valence-corrected chi connectivity index (χ4v) is 2.37. The number of urea groups is 1. The van der Waals surface area contributed by atoms with Gasteiger partial charge in [-0.1, -0.05) is 24.3 Å². The Morgan fingerprint density at radius 1 is 1.32 bits per heavy atom. The summed E-state index contributed by atoms with van der Waals surface area (Å²) in [7, 11) is 4.09. The third kappa shape index (κ3) is 3.96. The van der Waals surface area contributed by atoms with Crippen molar-refractivity contribution in [2.24, 2.45) is 0 Å². The summed E-state index contributed by atoms with van der Waals surface area (Å²) in [6, 6.07) is 8.43. The molecule has 0 saturated carbocycles. The van der Waals surface area contributed by atoms with Gasteiger partial charge in [-0.3, -0.25) is 0 Å². The standard InChI is InChI=1S/C15H23N3O/c1-17(2)10-5-9-16-15(19)18-11-8-13-6-3-4-7-14(13)12-18/h3-4,6-7H,5,8-12H2,1-2H3,(H,16,19). The summed E-state index contributed by atoms with van der Waals surface area (Å²) in [5, 5.41) is 3.00. The molecule has 1 N–H and O–H groups in total. The molecular formula is C15H23N3O. The van der Waals surface area contributed by atoms with Gasteiger partial charge in [0, 0.05) is 19.6 Å². The van der Waals surface area contributed by atoms with Gasteiger partial charge in [0.15, 0.2) is 0 Å². The van der Waals surface area contributed by atoms with Crippen LogP contribution in [0.25, 0.3) is 0 Å². The number of rotatable bonds is 4. The van der Waals surface area contributed by atoms with E-state index in [1.165, 1.54) is 11.1 Å². The van der Waals surface area contributed by atoms with Crippen LogP contribution in [0.15, 0.2) is 24.3 Å². The molecule has 1 heterocycles. The molecule has 0 radical (unpaired) electrons. The van der Waals surface area contributed by atoms with Gasteiger partial charge in [-0.05, 0) is 44.6 Å². The van der Waals surface area contributed by atoms with Crippen molar-refractivity contribution < 1.29 is 4.79 Å². The number of fused-ring (bicyclic) bond motifs is 1. The highest BCUT2D eigenvalue weighted by Gasteiger charge is 2.19. The van der Waals surface area contributed by atoms with E-state index in [0.717, 1.165) is 39.0 Å². The third-order valence-corrected chi connectivity index (χ3v) is 3.48. The van der Waals surface area contributed by atoms with Gasteiger partial charge in [0.25, 0.3) is 0 Å². The molecule has 2 amide bonds. The lowest BCUT2D eigenvalue weighted by molar-refractivity contribution is 0.192. The molecule has 4 nitrogen and oxygen atoms in total. The van der Waals surface area contributed by atoms with E-state index >= 15 is 0 Å². The van der Waals surface area contributed by atoms with Gasteiger partial charge < -0.3 is 15.1 Å². The maximum atomic E-state index is 12.1. The molecule has 0 spiro atoms. The summed E-state index contributed by atoms with van der Waals surface area (Å²) in [5.74, 6) is 0. The number of hydrogen-bond acceptors (Lipinski definition) is 2. The Hall–Kier alpha value is -1.55. The Labute approximate surface area is 115 Å². The van der Waals surface area contributed by atoms with Crippen molar-refractivity contribution in [2.75, 3.05) is 33.7 Å². The minimum atomic E-state index is 0.0632. The average molecular weight is 261 g/mol. The molecule has 1 aliphatic rings. The minimum absolute atomic E-state index is 0.0632. The predicted molar refractivity (Wildman–Crippen MR) is 77.1 cm³/mol. The lowest BCUT2D eigenvalue weighted by Gasteiger charge is -2.29. The van der Waals surface area contributed by atoms with E-state index in [9.17, 15) is 4.79 Å². The summed E-state index contributed by atoms with van der Waals surface area (Å²) in [6.07, 6.45) is 1.95. The van der Waals surface area contributed by atoms with Gasteiger partial charge in [-0.15, -0.1) is 0 Å². The number of benzene rings is 1. The molecule has 0 fully saturated rings. The molecule has 0 unspecified atom stereocenters. The molecule has 1 aromatic rings. The van der Waals surface area contributed by atoms with Gasteiger partial charge in [0.2, 0.25) is 0 Å². The lowest BCUT2D eigenvalue weighted by atomic mass is 10.0. The zero-order valence-corrected chi connectivity index (χ0v) is 11.9. The minimum Gasteiger partial charge on any atom is -0.338 e. The first-order valence-electron chi connectivity index (χ1n) is 6.91. The Balaban J connectivity index is 1.79. The molecule has 0 aromatic heterocycles. The fraction of sp³-hybridized carbons (Fsp3) is 0.533.